The fraction of sp³-hybridized carbons (Fsp3) is 0.417. The predicted octanol–water partition coefficient (Wildman–Crippen LogP) is 1.33. The molecule has 0 aliphatic carbocycles. The molecule has 1 aromatic carbocycles. The molecular formula is C12H14BrNO4S. The molecule has 1 aliphatic rings. The molecule has 1 saturated heterocycles. The van der Waals surface area contributed by atoms with Crippen LogP contribution in [0.5, 0.6) is 5.75 Å². The van der Waals surface area contributed by atoms with E-state index in [2.05, 4.69) is 15.9 Å². The Hall–Kier alpha value is -1.08. The van der Waals surface area contributed by atoms with Gasteiger partial charge in [-0.05, 0) is 34.1 Å². The molecule has 1 heterocycles. The molecule has 104 valence electrons. The number of methoxy groups -OCH3 is 1. The second kappa shape index (κ2) is 5.50. The summed E-state index contributed by atoms with van der Waals surface area (Å²) in [4.78, 5) is 13.9. The Morgan fingerprint density at radius 3 is 2.53 bits per heavy atom. The topological polar surface area (TPSA) is 63.7 Å². The number of ether oxygens (including phenoxy) is 1. The zero-order valence-electron chi connectivity index (χ0n) is 10.4. The summed E-state index contributed by atoms with van der Waals surface area (Å²) in [5.41, 5.74) is 0.485. The summed E-state index contributed by atoms with van der Waals surface area (Å²) in [5, 5.41) is 0. The molecular weight excluding hydrogens is 334 g/mol. The maximum Gasteiger partial charge on any atom is 0.255 e. The lowest BCUT2D eigenvalue weighted by atomic mass is 10.2. The van der Waals surface area contributed by atoms with Crippen LogP contribution in [0.2, 0.25) is 0 Å². The molecule has 0 spiro atoms. The minimum atomic E-state index is -2.98. The largest absolute Gasteiger partial charge is 0.497 e. The van der Waals surface area contributed by atoms with Crippen LogP contribution in [0.25, 0.3) is 0 Å². The molecule has 7 heteroatoms. The highest BCUT2D eigenvalue weighted by molar-refractivity contribution is 9.10. The van der Waals surface area contributed by atoms with Crippen LogP contribution in [0, 0.1) is 0 Å². The third-order valence-electron chi connectivity index (χ3n) is 3.04. The summed E-state index contributed by atoms with van der Waals surface area (Å²) in [7, 11) is -1.45. The van der Waals surface area contributed by atoms with Gasteiger partial charge in [0.25, 0.3) is 5.91 Å². The van der Waals surface area contributed by atoms with Crippen LogP contribution in [0.1, 0.15) is 10.4 Å². The van der Waals surface area contributed by atoms with E-state index in [1.807, 2.05) is 0 Å². The van der Waals surface area contributed by atoms with Crippen molar-refractivity contribution in [3.8, 4) is 5.75 Å². The molecule has 0 aromatic heterocycles. The molecule has 5 nitrogen and oxygen atoms in total. The Bertz CT molecular complexity index is 586. The summed E-state index contributed by atoms with van der Waals surface area (Å²) in [5.74, 6) is 0.470. The standard InChI is InChI=1S/C12H14BrNO4S/c1-18-9-2-3-11(13)10(8-9)12(15)14-4-6-19(16,17)7-5-14/h2-3,8H,4-7H2,1H3. The summed E-state index contributed by atoms with van der Waals surface area (Å²) in [6, 6.07) is 5.14. The van der Waals surface area contributed by atoms with Gasteiger partial charge in [-0.2, -0.15) is 0 Å². The molecule has 0 atom stereocenters. The monoisotopic (exact) mass is 347 g/mol. The van der Waals surface area contributed by atoms with Crippen LogP contribution >= 0.6 is 15.9 Å². The van der Waals surface area contributed by atoms with Gasteiger partial charge in [-0.25, -0.2) is 8.42 Å². The number of amides is 1. The number of carbonyl (C=O) groups is 1. The first-order valence-electron chi connectivity index (χ1n) is 5.76. The Morgan fingerprint density at radius 2 is 1.95 bits per heavy atom. The molecule has 1 fully saturated rings. The Morgan fingerprint density at radius 1 is 1.32 bits per heavy atom. The third kappa shape index (κ3) is 3.27. The highest BCUT2D eigenvalue weighted by atomic mass is 79.9. The van der Waals surface area contributed by atoms with Crippen LogP contribution < -0.4 is 4.74 Å². The smallest absolute Gasteiger partial charge is 0.255 e. The van der Waals surface area contributed by atoms with Crippen molar-refractivity contribution in [2.45, 2.75) is 0 Å². The highest BCUT2D eigenvalue weighted by Crippen LogP contribution is 2.24. The number of hydrogen-bond donors (Lipinski definition) is 0. The van der Waals surface area contributed by atoms with Gasteiger partial charge in [0, 0.05) is 17.6 Å². The second-order valence-corrected chi connectivity index (χ2v) is 7.45. The van der Waals surface area contributed by atoms with E-state index < -0.39 is 9.84 Å². The van der Waals surface area contributed by atoms with Crippen molar-refractivity contribution < 1.29 is 17.9 Å². The number of rotatable bonds is 2. The maximum absolute atomic E-state index is 12.3. The molecule has 0 unspecified atom stereocenters. The number of benzene rings is 1. The summed E-state index contributed by atoms with van der Waals surface area (Å²) in [6.45, 7) is 0.482. The second-order valence-electron chi connectivity index (χ2n) is 4.29. The summed E-state index contributed by atoms with van der Waals surface area (Å²) in [6.07, 6.45) is 0. The number of halogens is 1. The van der Waals surface area contributed by atoms with Crippen LogP contribution in [-0.4, -0.2) is 50.9 Å². The lowest BCUT2D eigenvalue weighted by Gasteiger charge is -2.27. The molecule has 0 bridgehead atoms. The number of hydrogen-bond acceptors (Lipinski definition) is 4. The Kier molecular flexibility index (Phi) is 4.15. The van der Waals surface area contributed by atoms with Gasteiger partial charge in [0.1, 0.15) is 5.75 Å². The van der Waals surface area contributed by atoms with E-state index in [1.165, 1.54) is 7.11 Å². The first-order chi connectivity index (χ1) is 8.93. The quantitative estimate of drug-likeness (QED) is 0.809. The lowest BCUT2D eigenvalue weighted by molar-refractivity contribution is 0.0769. The number of sulfone groups is 1. The molecule has 19 heavy (non-hydrogen) atoms. The lowest BCUT2D eigenvalue weighted by Crippen LogP contribution is -2.43. The maximum atomic E-state index is 12.3. The van der Waals surface area contributed by atoms with Gasteiger partial charge in [0.15, 0.2) is 9.84 Å². The molecule has 1 aliphatic heterocycles. The zero-order valence-corrected chi connectivity index (χ0v) is 12.8. The average Bonchev–Trinajstić information content (AvgIpc) is 2.38. The van der Waals surface area contributed by atoms with Crippen LogP contribution in [0.3, 0.4) is 0 Å². The Labute approximate surface area is 120 Å². The van der Waals surface area contributed by atoms with Crippen molar-refractivity contribution >= 4 is 31.7 Å². The fourth-order valence-corrected chi connectivity index (χ4v) is 3.50. The molecule has 1 amide bonds. The minimum absolute atomic E-state index is 0.0281. The summed E-state index contributed by atoms with van der Waals surface area (Å²) < 4.78 is 28.5. The summed E-state index contributed by atoms with van der Waals surface area (Å²) >= 11 is 3.33. The fourth-order valence-electron chi connectivity index (χ4n) is 1.88. The first kappa shape index (κ1) is 14.3. The van der Waals surface area contributed by atoms with Crippen LogP contribution in [0.15, 0.2) is 22.7 Å². The van der Waals surface area contributed by atoms with Crippen molar-refractivity contribution in [2.75, 3.05) is 31.7 Å². The van der Waals surface area contributed by atoms with E-state index >= 15 is 0 Å². The van der Waals surface area contributed by atoms with Gasteiger partial charge in [-0.1, -0.05) is 0 Å². The van der Waals surface area contributed by atoms with Gasteiger partial charge < -0.3 is 9.64 Å². The van der Waals surface area contributed by atoms with E-state index in [-0.39, 0.29) is 30.5 Å². The highest BCUT2D eigenvalue weighted by Gasteiger charge is 2.26. The minimum Gasteiger partial charge on any atom is -0.497 e. The van der Waals surface area contributed by atoms with Gasteiger partial charge >= 0.3 is 0 Å². The molecule has 0 saturated carbocycles. The Balaban J connectivity index is 2.20. The molecule has 0 N–H and O–H groups in total. The van der Waals surface area contributed by atoms with Crippen molar-refractivity contribution in [1.82, 2.24) is 4.90 Å². The van der Waals surface area contributed by atoms with E-state index in [4.69, 9.17) is 4.74 Å². The van der Waals surface area contributed by atoms with E-state index in [1.54, 1.807) is 23.1 Å². The average molecular weight is 348 g/mol. The zero-order chi connectivity index (χ0) is 14.0. The first-order valence-corrected chi connectivity index (χ1v) is 8.37. The number of carbonyl (C=O) groups excluding carboxylic acids is 1. The van der Waals surface area contributed by atoms with Gasteiger partial charge in [0.2, 0.25) is 0 Å². The van der Waals surface area contributed by atoms with E-state index in [0.29, 0.717) is 15.8 Å². The van der Waals surface area contributed by atoms with Gasteiger partial charge in [0.05, 0.1) is 24.2 Å². The normalized spacial score (nSPS) is 18.1. The number of nitrogens with zero attached hydrogens (tertiary/aromatic N) is 1. The van der Waals surface area contributed by atoms with E-state index in [9.17, 15) is 13.2 Å². The predicted molar refractivity (Wildman–Crippen MR) is 75.3 cm³/mol. The van der Waals surface area contributed by atoms with E-state index in [0.717, 1.165) is 0 Å². The van der Waals surface area contributed by atoms with Crippen LogP contribution in [-0.2, 0) is 9.84 Å². The molecule has 1 aromatic rings. The molecule has 2 rings (SSSR count). The van der Waals surface area contributed by atoms with Crippen molar-refractivity contribution in [3.63, 3.8) is 0 Å². The van der Waals surface area contributed by atoms with Crippen molar-refractivity contribution in [3.05, 3.63) is 28.2 Å². The SMILES string of the molecule is COc1ccc(Br)c(C(=O)N2CCS(=O)(=O)CC2)c1. The van der Waals surface area contributed by atoms with Gasteiger partial charge in [-0.3, -0.25) is 4.79 Å². The molecule has 0 radical (unpaired) electrons. The van der Waals surface area contributed by atoms with Crippen molar-refractivity contribution in [1.29, 1.82) is 0 Å². The van der Waals surface area contributed by atoms with Crippen molar-refractivity contribution in [2.24, 2.45) is 0 Å². The third-order valence-corrected chi connectivity index (χ3v) is 5.34. The van der Waals surface area contributed by atoms with Gasteiger partial charge in [-0.15, -0.1) is 0 Å². The van der Waals surface area contributed by atoms with Crippen LogP contribution in [0.4, 0.5) is 0 Å².